The summed E-state index contributed by atoms with van der Waals surface area (Å²) in [7, 11) is 3.21. The van der Waals surface area contributed by atoms with Crippen LogP contribution in [0.3, 0.4) is 0 Å². The minimum Gasteiger partial charge on any atom is -0.493 e. The highest BCUT2D eigenvalue weighted by Gasteiger charge is 2.04. The van der Waals surface area contributed by atoms with Gasteiger partial charge in [0.1, 0.15) is 0 Å². The fourth-order valence-electron chi connectivity index (χ4n) is 1.81. The van der Waals surface area contributed by atoms with E-state index in [2.05, 4.69) is 16.2 Å². The van der Waals surface area contributed by atoms with Gasteiger partial charge >= 0.3 is 0 Å². The number of nitrogens with one attached hydrogen (secondary N) is 3. The highest BCUT2D eigenvalue weighted by atomic mass is 32.1. The Labute approximate surface area is 147 Å². The van der Waals surface area contributed by atoms with Crippen LogP contribution in [0.25, 0.3) is 0 Å². The first-order chi connectivity index (χ1) is 11.6. The molecule has 0 heterocycles. The number of thiocarbonyl (C=S) groups is 1. The second kappa shape index (κ2) is 11.1. The van der Waals surface area contributed by atoms with Gasteiger partial charge in [0.2, 0.25) is 0 Å². The van der Waals surface area contributed by atoms with E-state index in [-0.39, 0.29) is 5.91 Å². The van der Waals surface area contributed by atoms with Crippen LogP contribution >= 0.6 is 12.2 Å². The molecular formula is C17H23N3O3S. The molecule has 0 atom stereocenters. The third-order valence-corrected chi connectivity index (χ3v) is 3.24. The molecule has 0 aliphatic carbocycles. The molecule has 24 heavy (non-hydrogen) atoms. The molecule has 0 saturated heterocycles. The van der Waals surface area contributed by atoms with E-state index in [4.69, 9.17) is 21.7 Å². The first-order valence-corrected chi connectivity index (χ1v) is 7.85. The molecule has 0 aliphatic rings. The molecule has 7 heteroatoms. The number of ether oxygens (including phenoxy) is 2. The van der Waals surface area contributed by atoms with Crippen LogP contribution in [0.2, 0.25) is 0 Å². The fraction of sp³-hybridized carbons (Fsp3) is 0.294. The number of allylic oxidation sites excluding steroid dienone is 3. The van der Waals surface area contributed by atoms with Crippen molar-refractivity contribution in [2.45, 2.75) is 13.3 Å². The fourth-order valence-corrected chi connectivity index (χ4v) is 1.97. The van der Waals surface area contributed by atoms with E-state index in [1.165, 1.54) is 6.08 Å². The van der Waals surface area contributed by atoms with Crippen LogP contribution in [0.15, 0.2) is 42.5 Å². The minimum atomic E-state index is -0.280. The zero-order valence-corrected chi connectivity index (χ0v) is 14.9. The Bertz CT molecular complexity index is 615. The molecule has 1 rings (SSSR count). The number of benzene rings is 1. The molecule has 0 radical (unpaired) electrons. The van der Waals surface area contributed by atoms with Crippen LogP contribution in [0.4, 0.5) is 0 Å². The molecule has 0 aliphatic heterocycles. The summed E-state index contributed by atoms with van der Waals surface area (Å²) in [6.45, 7) is 2.49. The molecule has 0 aromatic heterocycles. The van der Waals surface area contributed by atoms with E-state index in [9.17, 15) is 4.79 Å². The molecule has 0 fully saturated rings. The van der Waals surface area contributed by atoms with E-state index in [0.29, 0.717) is 23.2 Å². The van der Waals surface area contributed by atoms with Crippen molar-refractivity contribution in [3.05, 3.63) is 48.1 Å². The summed E-state index contributed by atoms with van der Waals surface area (Å²) < 4.78 is 10.5. The Balaban J connectivity index is 2.34. The molecule has 1 amide bonds. The number of rotatable bonds is 7. The quantitative estimate of drug-likeness (QED) is 0.302. The number of amides is 1. The Hall–Kier alpha value is -2.54. The van der Waals surface area contributed by atoms with Crippen LogP contribution in [0, 0.1) is 0 Å². The molecule has 0 bridgehead atoms. The van der Waals surface area contributed by atoms with Crippen LogP contribution in [-0.4, -0.2) is 31.8 Å². The third kappa shape index (κ3) is 7.15. The molecule has 130 valence electrons. The third-order valence-electron chi connectivity index (χ3n) is 3.00. The summed E-state index contributed by atoms with van der Waals surface area (Å²) in [5.41, 5.74) is 6.20. The SMILES string of the molecule is C/C=C/C=C/C(=O)NNC(=S)NCCc1ccc(OC)c(OC)c1. The maximum Gasteiger partial charge on any atom is 0.262 e. The predicted molar refractivity (Wildman–Crippen MR) is 99.1 cm³/mol. The smallest absolute Gasteiger partial charge is 0.262 e. The van der Waals surface area contributed by atoms with Gasteiger partial charge in [-0.1, -0.05) is 24.3 Å². The first-order valence-electron chi connectivity index (χ1n) is 7.44. The summed E-state index contributed by atoms with van der Waals surface area (Å²) in [6, 6.07) is 5.75. The Morgan fingerprint density at radius 3 is 2.58 bits per heavy atom. The number of hydrogen-bond acceptors (Lipinski definition) is 4. The molecule has 1 aromatic rings. The summed E-state index contributed by atoms with van der Waals surface area (Å²) in [4.78, 5) is 11.4. The van der Waals surface area contributed by atoms with Gasteiger partial charge in [0.15, 0.2) is 16.6 Å². The van der Waals surface area contributed by atoms with Gasteiger partial charge in [0, 0.05) is 12.6 Å². The highest BCUT2D eigenvalue weighted by molar-refractivity contribution is 7.80. The number of carbonyl (C=O) groups is 1. The summed E-state index contributed by atoms with van der Waals surface area (Å²) in [5.74, 6) is 1.10. The lowest BCUT2D eigenvalue weighted by molar-refractivity contribution is -0.117. The van der Waals surface area contributed by atoms with Crippen molar-refractivity contribution < 1.29 is 14.3 Å². The van der Waals surface area contributed by atoms with Crippen molar-refractivity contribution >= 4 is 23.2 Å². The Morgan fingerprint density at radius 1 is 1.17 bits per heavy atom. The van der Waals surface area contributed by atoms with Crippen molar-refractivity contribution in [1.82, 2.24) is 16.2 Å². The Kier molecular flexibility index (Phi) is 8.99. The average Bonchev–Trinajstić information content (AvgIpc) is 2.60. The number of hydrazine groups is 1. The maximum atomic E-state index is 11.4. The zero-order valence-electron chi connectivity index (χ0n) is 14.1. The van der Waals surface area contributed by atoms with Gasteiger partial charge in [-0.25, -0.2) is 0 Å². The normalized spacial score (nSPS) is 10.6. The summed E-state index contributed by atoms with van der Waals surface area (Å²) in [5, 5.41) is 3.37. The van der Waals surface area contributed by atoms with Gasteiger partial charge in [-0.2, -0.15) is 0 Å². The lowest BCUT2D eigenvalue weighted by Gasteiger charge is -2.12. The van der Waals surface area contributed by atoms with Crippen molar-refractivity contribution in [3.8, 4) is 11.5 Å². The van der Waals surface area contributed by atoms with Crippen LogP contribution < -0.4 is 25.6 Å². The van der Waals surface area contributed by atoms with Crippen molar-refractivity contribution in [3.63, 3.8) is 0 Å². The predicted octanol–water partition coefficient (Wildman–Crippen LogP) is 1.87. The van der Waals surface area contributed by atoms with E-state index < -0.39 is 0 Å². The van der Waals surface area contributed by atoms with Crippen LogP contribution in [0.5, 0.6) is 11.5 Å². The minimum absolute atomic E-state index is 0.280. The van der Waals surface area contributed by atoms with Gasteiger partial charge in [0.05, 0.1) is 14.2 Å². The number of carbonyl (C=O) groups excluding carboxylic acids is 1. The maximum absolute atomic E-state index is 11.4. The lowest BCUT2D eigenvalue weighted by Crippen LogP contribution is -2.46. The second-order valence-electron chi connectivity index (χ2n) is 4.69. The molecule has 1 aromatic carbocycles. The van der Waals surface area contributed by atoms with E-state index >= 15 is 0 Å². The van der Waals surface area contributed by atoms with Crippen molar-refractivity contribution in [2.75, 3.05) is 20.8 Å². The Morgan fingerprint density at radius 2 is 1.92 bits per heavy atom. The van der Waals surface area contributed by atoms with E-state index in [1.54, 1.807) is 26.4 Å². The number of hydrogen-bond donors (Lipinski definition) is 3. The molecule has 0 spiro atoms. The van der Waals surface area contributed by atoms with Crippen LogP contribution in [0.1, 0.15) is 12.5 Å². The van der Waals surface area contributed by atoms with Crippen LogP contribution in [-0.2, 0) is 11.2 Å². The monoisotopic (exact) mass is 349 g/mol. The van der Waals surface area contributed by atoms with Gasteiger partial charge in [0.25, 0.3) is 5.91 Å². The molecule has 6 nitrogen and oxygen atoms in total. The van der Waals surface area contributed by atoms with Gasteiger partial charge in [-0.15, -0.1) is 0 Å². The summed E-state index contributed by atoms with van der Waals surface area (Å²) >= 11 is 5.09. The summed E-state index contributed by atoms with van der Waals surface area (Å²) in [6.07, 6.45) is 7.39. The average molecular weight is 349 g/mol. The topological polar surface area (TPSA) is 71.6 Å². The molecule has 0 saturated carbocycles. The van der Waals surface area contributed by atoms with Gasteiger partial charge < -0.3 is 14.8 Å². The standard InChI is InChI=1S/C17H23N3O3S/c1-4-5-6-7-16(21)19-20-17(24)18-11-10-13-8-9-14(22-2)15(12-13)23-3/h4-9,12H,10-11H2,1-3H3,(H,19,21)(H2,18,20,24)/b5-4+,7-6+. The van der Waals surface area contributed by atoms with Gasteiger partial charge in [-0.3, -0.25) is 15.6 Å². The molecule has 3 N–H and O–H groups in total. The zero-order chi connectivity index (χ0) is 17.8. The first kappa shape index (κ1) is 19.5. The lowest BCUT2D eigenvalue weighted by atomic mass is 10.1. The second-order valence-corrected chi connectivity index (χ2v) is 5.10. The molecule has 0 unspecified atom stereocenters. The van der Waals surface area contributed by atoms with Crippen molar-refractivity contribution in [2.24, 2.45) is 0 Å². The van der Waals surface area contributed by atoms with Gasteiger partial charge in [-0.05, 0) is 43.3 Å². The van der Waals surface area contributed by atoms with Crippen molar-refractivity contribution in [1.29, 1.82) is 0 Å². The van der Waals surface area contributed by atoms with E-state index in [1.807, 2.05) is 31.2 Å². The largest absolute Gasteiger partial charge is 0.493 e. The van der Waals surface area contributed by atoms with E-state index in [0.717, 1.165) is 12.0 Å². The number of methoxy groups -OCH3 is 2. The molecular weight excluding hydrogens is 326 g/mol. The highest BCUT2D eigenvalue weighted by Crippen LogP contribution is 2.27.